The number of aliphatic hydroxyl groups excluding tert-OH is 1. The Labute approximate surface area is 196 Å². The summed E-state index contributed by atoms with van der Waals surface area (Å²) in [6.07, 6.45) is 6.27. The smallest absolute Gasteiger partial charge is 0.227 e. The van der Waals surface area contributed by atoms with Gasteiger partial charge in [0.15, 0.2) is 0 Å². The molecule has 0 bridgehead atoms. The summed E-state index contributed by atoms with van der Waals surface area (Å²) in [7, 11) is 0. The van der Waals surface area contributed by atoms with Crippen molar-refractivity contribution in [2.24, 2.45) is 0 Å². The third kappa shape index (κ3) is 4.41. The van der Waals surface area contributed by atoms with Gasteiger partial charge in [-0.1, -0.05) is 6.07 Å². The van der Waals surface area contributed by atoms with E-state index in [1.54, 1.807) is 43.7 Å². The lowest BCUT2D eigenvalue weighted by molar-refractivity contribution is 0.111. The molecule has 8 heteroatoms. The van der Waals surface area contributed by atoms with Gasteiger partial charge in [-0.25, -0.2) is 23.7 Å². The molecule has 6 nitrogen and oxygen atoms in total. The molecule has 4 aromatic rings. The summed E-state index contributed by atoms with van der Waals surface area (Å²) in [5, 5.41) is 13.1. The number of anilines is 2. The first-order valence-corrected chi connectivity index (χ1v) is 11.4. The van der Waals surface area contributed by atoms with Crippen molar-refractivity contribution in [2.45, 2.75) is 44.8 Å². The summed E-state index contributed by atoms with van der Waals surface area (Å²) in [4.78, 5) is 13.7. The Morgan fingerprint density at radius 1 is 0.971 bits per heavy atom. The van der Waals surface area contributed by atoms with E-state index < -0.39 is 0 Å². The third-order valence-corrected chi connectivity index (χ3v) is 6.38. The van der Waals surface area contributed by atoms with Crippen LogP contribution in [-0.2, 0) is 0 Å². The molecular formula is C26H25F2N5O. The predicted octanol–water partition coefficient (Wildman–Crippen LogP) is 5.81. The number of nitrogens with zero attached hydrogens (tertiary/aromatic N) is 4. The van der Waals surface area contributed by atoms with Crippen molar-refractivity contribution in [3.8, 4) is 22.6 Å². The largest absolute Gasteiger partial charge is 0.393 e. The summed E-state index contributed by atoms with van der Waals surface area (Å²) < 4.78 is 29.7. The van der Waals surface area contributed by atoms with Gasteiger partial charge in [-0.15, -0.1) is 0 Å². The van der Waals surface area contributed by atoms with Crippen molar-refractivity contribution >= 4 is 11.6 Å². The first-order chi connectivity index (χ1) is 16.5. The lowest BCUT2D eigenvalue weighted by atomic mass is 9.92. The minimum atomic E-state index is -0.315. The Bertz CT molecular complexity index is 1300. The van der Waals surface area contributed by atoms with E-state index in [-0.39, 0.29) is 23.8 Å². The molecule has 0 saturated heterocycles. The highest BCUT2D eigenvalue weighted by atomic mass is 19.1. The number of nitrogens with one attached hydrogen (secondary N) is 1. The van der Waals surface area contributed by atoms with Crippen LogP contribution in [0.25, 0.3) is 22.6 Å². The number of rotatable bonds is 5. The van der Waals surface area contributed by atoms with Gasteiger partial charge >= 0.3 is 0 Å². The van der Waals surface area contributed by atoms with Gasteiger partial charge in [-0.3, -0.25) is 0 Å². The number of aliphatic hydroxyl groups is 1. The first-order valence-electron chi connectivity index (χ1n) is 11.4. The third-order valence-electron chi connectivity index (χ3n) is 6.38. The van der Waals surface area contributed by atoms with Crippen LogP contribution in [0, 0.1) is 18.6 Å². The zero-order valence-electron chi connectivity index (χ0n) is 18.7. The highest BCUT2D eigenvalue weighted by Gasteiger charge is 2.26. The Balaban J connectivity index is 1.57. The van der Waals surface area contributed by atoms with Gasteiger partial charge in [-0.2, -0.15) is 0 Å². The fraction of sp³-hybridized carbons (Fsp3) is 0.269. The molecule has 1 aliphatic carbocycles. The fourth-order valence-corrected chi connectivity index (χ4v) is 4.46. The predicted molar refractivity (Wildman–Crippen MR) is 127 cm³/mol. The summed E-state index contributed by atoms with van der Waals surface area (Å²) in [6.45, 7) is 1.70. The molecule has 1 saturated carbocycles. The van der Waals surface area contributed by atoms with Crippen molar-refractivity contribution in [2.75, 3.05) is 5.32 Å². The van der Waals surface area contributed by atoms with Gasteiger partial charge in [-0.05, 0) is 75.1 Å². The van der Waals surface area contributed by atoms with Gasteiger partial charge in [0.2, 0.25) is 5.95 Å². The molecule has 2 heterocycles. The molecule has 2 aromatic heterocycles. The monoisotopic (exact) mass is 461 g/mol. The summed E-state index contributed by atoms with van der Waals surface area (Å²) in [5.41, 5.74) is 3.99. The highest BCUT2D eigenvalue weighted by Crippen LogP contribution is 2.37. The van der Waals surface area contributed by atoms with E-state index >= 15 is 0 Å². The molecule has 1 fully saturated rings. The minimum Gasteiger partial charge on any atom is -0.393 e. The van der Waals surface area contributed by atoms with Crippen LogP contribution in [-0.4, -0.2) is 30.7 Å². The lowest BCUT2D eigenvalue weighted by Crippen LogP contribution is -2.21. The zero-order valence-corrected chi connectivity index (χ0v) is 18.7. The fourth-order valence-electron chi connectivity index (χ4n) is 4.46. The SMILES string of the molecule is Cc1c(F)cccc1Nc1nccc(-c2c(-c3ccc(F)cc3)ncn2[C@H]2CC[C@H](O)CC2)n1. The van der Waals surface area contributed by atoms with Crippen LogP contribution >= 0.6 is 0 Å². The molecule has 0 unspecified atom stereocenters. The Kier molecular flexibility index (Phi) is 6.06. The van der Waals surface area contributed by atoms with Crippen LogP contribution in [0.5, 0.6) is 0 Å². The molecule has 0 atom stereocenters. The van der Waals surface area contributed by atoms with Gasteiger partial charge in [0, 0.05) is 29.1 Å². The minimum absolute atomic E-state index is 0.164. The van der Waals surface area contributed by atoms with Crippen molar-refractivity contribution in [3.05, 3.63) is 78.3 Å². The average Bonchev–Trinajstić information content (AvgIpc) is 3.28. The molecule has 2 N–H and O–H groups in total. The zero-order chi connectivity index (χ0) is 23.7. The van der Waals surface area contributed by atoms with E-state index in [9.17, 15) is 13.9 Å². The van der Waals surface area contributed by atoms with Crippen LogP contribution in [0.1, 0.15) is 37.3 Å². The Hall–Kier alpha value is -3.65. The van der Waals surface area contributed by atoms with Gasteiger partial charge in [0.25, 0.3) is 0 Å². The maximum Gasteiger partial charge on any atom is 0.227 e. The molecule has 0 radical (unpaired) electrons. The molecule has 34 heavy (non-hydrogen) atoms. The molecule has 174 valence electrons. The maximum atomic E-state index is 14.0. The van der Waals surface area contributed by atoms with E-state index in [1.807, 2.05) is 6.07 Å². The van der Waals surface area contributed by atoms with Crippen LogP contribution < -0.4 is 5.32 Å². The molecular weight excluding hydrogens is 436 g/mol. The number of benzene rings is 2. The van der Waals surface area contributed by atoms with Crippen molar-refractivity contribution < 1.29 is 13.9 Å². The van der Waals surface area contributed by atoms with Crippen LogP contribution in [0.2, 0.25) is 0 Å². The summed E-state index contributed by atoms with van der Waals surface area (Å²) in [6, 6.07) is 13.0. The number of halogens is 2. The number of hydrogen-bond donors (Lipinski definition) is 2. The second-order valence-corrected chi connectivity index (χ2v) is 8.62. The van der Waals surface area contributed by atoms with E-state index in [0.717, 1.165) is 36.9 Å². The van der Waals surface area contributed by atoms with Crippen molar-refractivity contribution in [1.82, 2.24) is 19.5 Å². The highest BCUT2D eigenvalue weighted by molar-refractivity contribution is 5.77. The molecule has 0 spiro atoms. The summed E-state index contributed by atoms with van der Waals surface area (Å²) in [5.74, 6) is -0.287. The molecule has 0 amide bonds. The summed E-state index contributed by atoms with van der Waals surface area (Å²) >= 11 is 0. The quantitative estimate of drug-likeness (QED) is 0.392. The van der Waals surface area contributed by atoms with Gasteiger partial charge in [0.1, 0.15) is 11.6 Å². The molecule has 1 aliphatic rings. The van der Waals surface area contributed by atoms with Gasteiger partial charge in [0.05, 0.1) is 29.5 Å². The first kappa shape index (κ1) is 22.2. The molecule has 0 aliphatic heterocycles. The lowest BCUT2D eigenvalue weighted by Gasteiger charge is -2.28. The van der Waals surface area contributed by atoms with E-state index in [1.165, 1.54) is 18.2 Å². The Morgan fingerprint density at radius 2 is 1.74 bits per heavy atom. The van der Waals surface area contributed by atoms with Crippen LogP contribution in [0.15, 0.2) is 61.1 Å². The van der Waals surface area contributed by atoms with Crippen LogP contribution in [0.4, 0.5) is 20.4 Å². The Morgan fingerprint density at radius 3 is 2.50 bits per heavy atom. The number of aromatic nitrogens is 4. The van der Waals surface area contributed by atoms with Crippen LogP contribution in [0.3, 0.4) is 0 Å². The molecule has 5 rings (SSSR count). The topological polar surface area (TPSA) is 75.9 Å². The van der Waals surface area contributed by atoms with Crippen molar-refractivity contribution in [3.63, 3.8) is 0 Å². The van der Waals surface area contributed by atoms with E-state index in [0.29, 0.717) is 28.6 Å². The number of hydrogen-bond acceptors (Lipinski definition) is 5. The van der Waals surface area contributed by atoms with E-state index in [4.69, 9.17) is 4.98 Å². The standard InChI is InChI=1S/C26H25F2N5O/c1-16-21(28)3-2-4-22(16)31-26-29-14-13-23(32-26)25-24(17-5-7-18(27)8-6-17)30-15-33(25)19-9-11-20(34)12-10-19/h2-8,13-15,19-20,34H,9-12H2,1H3,(H,29,31,32)/t19-,20-. The van der Waals surface area contributed by atoms with Crippen molar-refractivity contribution in [1.29, 1.82) is 0 Å². The maximum absolute atomic E-state index is 14.0. The second-order valence-electron chi connectivity index (χ2n) is 8.62. The average molecular weight is 462 g/mol. The second kappa shape index (κ2) is 9.30. The number of imidazole rings is 1. The van der Waals surface area contributed by atoms with E-state index in [2.05, 4.69) is 19.9 Å². The van der Waals surface area contributed by atoms with Gasteiger partial charge < -0.3 is 15.0 Å². The molecule has 2 aromatic carbocycles. The normalized spacial score (nSPS) is 18.1.